The van der Waals surface area contributed by atoms with Crippen LogP contribution in [0.15, 0.2) is 45.5 Å². The zero-order valence-corrected chi connectivity index (χ0v) is 13.5. The highest BCUT2D eigenvalue weighted by Crippen LogP contribution is 2.29. The molecular formula is C14H13Br2NO2. The molecule has 1 aromatic carbocycles. The number of benzene rings is 1. The fraction of sp³-hybridized carbons (Fsp3) is 0.214. The number of methoxy groups -OCH3 is 1. The zero-order chi connectivity index (χ0) is 13.8. The molecule has 0 fully saturated rings. The molecule has 0 aliphatic heterocycles. The summed E-state index contributed by atoms with van der Waals surface area (Å²) in [7, 11) is 1.62. The van der Waals surface area contributed by atoms with Crippen molar-refractivity contribution >= 4 is 31.9 Å². The van der Waals surface area contributed by atoms with Gasteiger partial charge in [0.25, 0.3) is 0 Å². The third-order valence-electron chi connectivity index (χ3n) is 2.76. The SMILES string of the molecule is COc1ccccc1CC(O)c1ncc(Br)cc1Br. The fourth-order valence-electron chi connectivity index (χ4n) is 1.85. The fourth-order valence-corrected chi connectivity index (χ4v) is 3.10. The molecule has 100 valence electrons. The van der Waals surface area contributed by atoms with Gasteiger partial charge in [-0.3, -0.25) is 4.98 Å². The Kier molecular flexibility index (Phi) is 4.96. The first kappa shape index (κ1) is 14.5. The van der Waals surface area contributed by atoms with Crippen LogP contribution in [0.2, 0.25) is 0 Å². The van der Waals surface area contributed by atoms with E-state index in [9.17, 15) is 5.11 Å². The molecule has 1 unspecified atom stereocenters. The first-order valence-electron chi connectivity index (χ1n) is 5.72. The maximum atomic E-state index is 10.3. The van der Waals surface area contributed by atoms with E-state index in [2.05, 4.69) is 36.8 Å². The molecule has 3 nitrogen and oxygen atoms in total. The average molecular weight is 387 g/mol. The van der Waals surface area contributed by atoms with Crippen LogP contribution < -0.4 is 4.74 Å². The minimum atomic E-state index is -0.682. The summed E-state index contributed by atoms with van der Waals surface area (Å²) >= 11 is 6.75. The van der Waals surface area contributed by atoms with Gasteiger partial charge in [-0.15, -0.1) is 0 Å². The average Bonchev–Trinajstić information content (AvgIpc) is 2.39. The van der Waals surface area contributed by atoms with Gasteiger partial charge in [0.2, 0.25) is 0 Å². The van der Waals surface area contributed by atoms with Crippen LogP contribution in [0.1, 0.15) is 17.4 Å². The number of halogens is 2. The first-order valence-corrected chi connectivity index (χ1v) is 7.31. The van der Waals surface area contributed by atoms with Crippen LogP contribution >= 0.6 is 31.9 Å². The number of nitrogens with zero attached hydrogens (tertiary/aromatic N) is 1. The van der Waals surface area contributed by atoms with Gasteiger partial charge in [0.1, 0.15) is 11.9 Å². The monoisotopic (exact) mass is 385 g/mol. The summed E-state index contributed by atoms with van der Waals surface area (Å²) in [5, 5.41) is 10.3. The van der Waals surface area contributed by atoms with Gasteiger partial charge in [-0.2, -0.15) is 0 Å². The summed E-state index contributed by atoms with van der Waals surface area (Å²) in [6, 6.07) is 9.52. The molecule has 5 heteroatoms. The number of rotatable bonds is 4. The van der Waals surface area contributed by atoms with E-state index in [0.717, 1.165) is 20.3 Å². The van der Waals surface area contributed by atoms with E-state index < -0.39 is 6.10 Å². The van der Waals surface area contributed by atoms with Crippen LogP contribution in [0.25, 0.3) is 0 Å². The maximum Gasteiger partial charge on any atom is 0.122 e. The van der Waals surface area contributed by atoms with Crippen molar-refractivity contribution < 1.29 is 9.84 Å². The molecule has 0 aliphatic carbocycles. The number of para-hydroxylation sites is 1. The molecule has 1 atom stereocenters. The van der Waals surface area contributed by atoms with E-state index in [-0.39, 0.29) is 0 Å². The van der Waals surface area contributed by atoms with Crippen LogP contribution in [0.4, 0.5) is 0 Å². The van der Waals surface area contributed by atoms with Gasteiger partial charge in [-0.25, -0.2) is 0 Å². The lowest BCUT2D eigenvalue weighted by molar-refractivity contribution is 0.171. The van der Waals surface area contributed by atoms with Crippen molar-refractivity contribution in [2.75, 3.05) is 7.11 Å². The third-order valence-corrected chi connectivity index (χ3v) is 3.83. The van der Waals surface area contributed by atoms with Gasteiger partial charge in [-0.05, 0) is 49.6 Å². The van der Waals surface area contributed by atoms with Gasteiger partial charge in [0.05, 0.1) is 12.8 Å². The lowest BCUT2D eigenvalue weighted by atomic mass is 10.0. The van der Waals surface area contributed by atoms with Crippen LogP contribution in [0.5, 0.6) is 5.75 Å². The number of aliphatic hydroxyl groups is 1. The summed E-state index contributed by atoms with van der Waals surface area (Å²) in [5.41, 5.74) is 1.57. The number of hydrogen-bond acceptors (Lipinski definition) is 3. The second-order valence-corrected chi connectivity index (χ2v) is 5.82. The van der Waals surface area contributed by atoms with Gasteiger partial charge in [0.15, 0.2) is 0 Å². The molecular weight excluding hydrogens is 374 g/mol. The maximum absolute atomic E-state index is 10.3. The van der Waals surface area contributed by atoms with E-state index >= 15 is 0 Å². The second kappa shape index (κ2) is 6.50. The second-order valence-electron chi connectivity index (χ2n) is 4.05. The number of pyridine rings is 1. The molecule has 2 aromatic rings. The number of ether oxygens (including phenoxy) is 1. The Morgan fingerprint density at radius 3 is 2.74 bits per heavy atom. The number of aromatic nitrogens is 1. The Balaban J connectivity index is 2.23. The van der Waals surface area contributed by atoms with Crippen molar-refractivity contribution in [1.82, 2.24) is 4.98 Å². The van der Waals surface area contributed by atoms with Crippen molar-refractivity contribution in [3.05, 3.63) is 56.7 Å². The van der Waals surface area contributed by atoms with Crippen LogP contribution in [-0.2, 0) is 6.42 Å². The molecule has 0 radical (unpaired) electrons. The number of aliphatic hydroxyl groups excluding tert-OH is 1. The summed E-state index contributed by atoms with van der Waals surface area (Å²) in [4.78, 5) is 4.24. The molecule has 0 spiro atoms. The molecule has 0 aliphatic rings. The van der Waals surface area contributed by atoms with E-state index in [0.29, 0.717) is 12.1 Å². The van der Waals surface area contributed by atoms with Gasteiger partial charge in [0, 0.05) is 21.6 Å². The van der Waals surface area contributed by atoms with Gasteiger partial charge in [-0.1, -0.05) is 18.2 Å². The molecule has 0 bridgehead atoms. The minimum Gasteiger partial charge on any atom is -0.496 e. The Morgan fingerprint density at radius 1 is 1.32 bits per heavy atom. The van der Waals surface area contributed by atoms with Crippen LogP contribution in [-0.4, -0.2) is 17.2 Å². The van der Waals surface area contributed by atoms with Crippen molar-refractivity contribution in [2.45, 2.75) is 12.5 Å². The highest BCUT2D eigenvalue weighted by molar-refractivity contribution is 9.11. The van der Waals surface area contributed by atoms with Gasteiger partial charge >= 0.3 is 0 Å². The molecule has 1 heterocycles. The van der Waals surface area contributed by atoms with Crippen molar-refractivity contribution in [3.63, 3.8) is 0 Å². The topological polar surface area (TPSA) is 42.4 Å². The molecule has 0 saturated carbocycles. The lowest BCUT2D eigenvalue weighted by Crippen LogP contribution is -2.06. The molecule has 0 saturated heterocycles. The molecule has 1 aromatic heterocycles. The van der Waals surface area contributed by atoms with E-state index in [1.54, 1.807) is 13.3 Å². The summed E-state index contributed by atoms with van der Waals surface area (Å²) in [5.74, 6) is 0.773. The normalized spacial score (nSPS) is 12.2. The van der Waals surface area contributed by atoms with Crippen molar-refractivity contribution in [1.29, 1.82) is 0 Å². The van der Waals surface area contributed by atoms with Crippen molar-refractivity contribution in [3.8, 4) is 5.75 Å². The molecule has 19 heavy (non-hydrogen) atoms. The van der Waals surface area contributed by atoms with Crippen LogP contribution in [0.3, 0.4) is 0 Å². The standard InChI is InChI=1S/C14H13Br2NO2/c1-19-13-5-3-2-4-9(13)6-12(18)14-11(16)7-10(15)8-17-14/h2-5,7-8,12,18H,6H2,1H3. The molecule has 0 amide bonds. The van der Waals surface area contributed by atoms with E-state index in [1.165, 1.54) is 0 Å². The van der Waals surface area contributed by atoms with E-state index in [1.807, 2.05) is 30.3 Å². The Bertz CT molecular complexity index is 575. The lowest BCUT2D eigenvalue weighted by Gasteiger charge is -2.14. The molecule has 1 N–H and O–H groups in total. The smallest absolute Gasteiger partial charge is 0.122 e. The van der Waals surface area contributed by atoms with Crippen LogP contribution in [0, 0.1) is 0 Å². The highest BCUT2D eigenvalue weighted by Gasteiger charge is 2.16. The first-order chi connectivity index (χ1) is 9.11. The predicted octanol–water partition coefficient (Wildman–Crippen LogP) is 3.89. The van der Waals surface area contributed by atoms with Crippen molar-refractivity contribution in [2.24, 2.45) is 0 Å². The summed E-state index contributed by atoms with van der Waals surface area (Å²) in [6.45, 7) is 0. The third kappa shape index (κ3) is 3.55. The Labute approximate surface area is 128 Å². The number of hydrogen-bond donors (Lipinski definition) is 1. The zero-order valence-electron chi connectivity index (χ0n) is 10.3. The largest absolute Gasteiger partial charge is 0.496 e. The summed E-state index contributed by atoms with van der Waals surface area (Å²) < 4.78 is 6.93. The highest BCUT2D eigenvalue weighted by atomic mass is 79.9. The Hall–Kier alpha value is -0.910. The Morgan fingerprint density at radius 2 is 2.05 bits per heavy atom. The summed E-state index contributed by atoms with van der Waals surface area (Å²) in [6.07, 6.45) is 1.45. The van der Waals surface area contributed by atoms with E-state index in [4.69, 9.17) is 4.74 Å². The predicted molar refractivity (Wildman–Crippen MR) is 81.3 cm³/mol. The minimum absolute atomic E-state index is 0.456. The molecule has 2 rings (SSSR count). The quantitative estimate of drug-likeness (QED) is 0.866. The van der Waals surface area contributed by atoms with Gasteiger partial charge < -0.3 is 9.84 Å².